The minimum atomic E-state index is -4.30. The molecule has 0 aliphatic carbocycles. The lowest BCUT2D eigenvalue weighted by molar-refractivity contribution is -0.139. The molecule has 3 heterocycles. The molecule has 0 radical (unpaired) electrons. The number of carbonyl (C=O) groups is 1. The quantitative estimate of drug-likeness (QED) is 0.554. The van der Waals surface area contributed by atoms with Crippen molar-refractivity contribution < 1.29 is 32.2 Å². The average molecular weight is 473 g/mol. The van der Waals surface area contributed by atoms with Crippen LogP contribution in [0.3, 0.4) is 0 Å². The van der Waals surface area contributed by atoms with Gasteiger partial charge in [0, 0.05) is 36.0 Å². The Bertz CT molecular complexity index is 1150. The second kappa shape index (κ2) is 9.98. The van der Waals surface area contributed by atoms with Crippen LogP contribution < -0.4 is 19.5 Å². The molecule has 1 N–H and O–H groups in total. The van der Waals surface area contributed by atoms with E-state index in [0.717, 1.165) is 22.4 Å². The molecule has 0 saturated heterocycles. The van der Waals surface area contributed by atoms with Crippen molar-refractivity contribution in [2.75, 3.05) is 20.3 Å². The van der Waals surface area contributed by atoms with E-state index in [4.69, 9.17) is 14.2 Å². The van der Waals surface area contributed by atoms with Crippen LogP contribution in [0.15, 0.2) is 54.9 Å². The zero-order valence-corrected chi connectivity index (χ0v) is 18.3. The minimum Gasteiger partial charge on any atom is -0.491 e. The van der Waals surface area contributed by atoms with Crippen LogP contribution in [0.4, 0.5) is 13.2 Å². The lowest BCUT2D eigenvalue weighted by Gasteiger charge is -2.28. The number of nitrogens with one attached hydrogen (secondary N) is 1. The number of halogens is 3. The summed E-state index contributed by atoms with van der Waals surface area (Å²) in [5.74, 6) is 0.871. The first-order chi connectivity index (χ1) is 16.3. The molecular formula is C24H22F3N3O4. The molecule has 0 spiro atoms. The lowest BCUT2D eigenvalue weighted by Crippen LogP contribution is -2.42. The first-order valence-electron chi connectivity index (χ1n) is 10.5. The van der Waals surface area contributed by atoms with Crippen LogP contribution >= 0.6 is 0 Å². The van der Waals surface area contributed by atoms with Crippen molar-refractivity contribution in [2.24, 2.45) is 0 Å². The third kappa shape index (κ3) is 5.56. The molecule has 10 heteroatoms. The van der Waals surface area contributed by atoms with E-state index in [9.17, 15) is 18.0 Å². The van der Waals surface area contributed by atoms with E-state index in [-0.39, 0.29) is 23.4 Å². The molecule has 1 atom stereocenters. The van der Waals surface area contributed by atoms with Crippen molar-refractivity contribution in [3.63, 3.8) is 0 Å². The molecule has 1 aromatic carbocycles. The third-order valence-corrected chi connectivity index (χ3v) is 5.25. The van der Waals surface area contributed by atoms with Crippen LogP contribution in [-0.2, 0) is 6.42 Å². The summed E-state index contributed by atoms with van der Waals surface area (Å²) in [6.07, 6.45) is -1.93. The van der Waals surface area contributed by atoms with E-state index in [1.54, 1.807) is 13.3 Å². The van der Waals surface area contributed by atoms with Crippen LogP contribution in [0.25, 0.3) is 11.1 Å². The number of alkyl halides is 3. The second-order valence-electron chi connectivity index (χ2n) is 7.63. The molecule has 0 saturated carbocycles. The fourth-order valence-electron chi connectivity index (χ4n) is 3.65. The van der Waals surface area contributed by atoms with Gasteiger partial charge in [-0.15, -0.1) is 0 Å². The molecule has 0 fully saturated rings. The Balaban J connectivity index is 1.43. The van der Waals surface area contributed by atoms with Crippen molar-refractivity contribution in [3.8, 4) is 28.6 Å². The standard InChI is InChI=1S/C24H22F3N3O4/c1-32-23-18(5-3-10-28-23)17-4-2-6-20-19(17)12-16(14-34-20)30-22(31)15-7-8-21(29-13-15)33-11-9-24(25,26)27/h2-8,10,13,16H,9,11-12,14H2,1H3,(H,30,31)/t16-/m0/s1. The first-order valence-corrected chi connectivity index (χ1v) is 10.5. The highest BCUT2D eigenvalue weighted by atomic mass is 19.4. The average Bonchev–Trinajstić information content (AvgIpc) is 2.83. The zero-order valence-electron chi connectivity index (χ0n) is 18.3. The maximum atomic E-state index is 12.7. The van der Waals surface area contributed by atoms with Gasteiger partial charge >= 0.3 is 6.18 Å². The lowest BCUT2D eigenvalue weighted by atomic mass is 9.93. The van der Waals surface area contributed by atoms with E-state index < -0.39 is 19.2 Å². The first kappa shape index (κ1) is 23.3. The predicted octanol–water partition coefficient (Wildman–Crippen LogP) is 4.22. The largest absolute Gasteiger partial charge is 0.491 e. The van der Waals surface area contributed by atoms with Gasteiger partial charge in [-0.3, -0.25) is 4.79 Å². The Labute approximate surface area is 193 Å². The van der Waals surface area contributed by atoms with Gasteiger partial charge in [0.2, 0.25) is 11.8 Å². The highest BCUT2D eigenvalue weighted by Gasteiger charge is 2.27. The van der Waals surface area contributed by atoms with Gasteiger partial charge in [0.05, 0.1) is 31.7 Å². The molecular weight excluding hydrogens is 451 g/mol. The van der Waals surface area contributed by atoms with Crippen molar-refractivity contribution in [2.45, 2.75) is 25.1 Å². The van der Waals surface area contributed by atoms with Gasteiger partial charge in [-0.05, 0) is 29.8 Å². The Morgan fingerprint density at radius 1 is 1.15 bits per heavy atom. The van der Waals surface area contributed by atoms with Crippen molar-refractivity contribution in [1.29, 1.82) is 0 Å². The van der Waals surface area contributed by atoms with E-state index in [1.165, 1.54) is 18.3 Å². The third-order valence-electron chi connectivity index (χ3n) is 5.25. The number of fused-ring (bicyclic) bond motifs is 1. The van der Waals surface area contributed by atoms with Gasteiger partial charge in [-0.2, -0.15) is 13.2 Å². The summed E-state index contributed by atoms with van der Waals surface area (Å²) in [5, 5.41) is 2.93. The molecule has 7 nitrogen and oxygen atoms in total. The fraction of sp³-hybridized carbons (Fsp3) is 0.292. The Kier molecular flexibility index (Phi) is 6.85. The van der Waals surface area contributed by atoms with Crippen LogP contribution in [0, 0.1) is 0 Å². The van der Waals surface area contributed by atoms with Gasteiger partial charge in [-0.1, -0.05) is 12.1 Å². The van der Waals surface area contributed by atoms with Crippen molar-refractivity contribution in [1.82, 2.24) is 15.3 Å². The molecule has 178 valence electrons. The number of benzene rings is 1. The number of rotatable bonds is 7. The minimum absolute atomic E-state index is 0.0192. The molecule has 34 heavy (non-hydrogen) atoms. The Morgan fingerprint density at radius 2 is 1.97 bits per heavy atom. The van der Waals surface area contributed by atoms with E-state index in [0.29, 0.717) is 18.9 Å². The molecule has 1 aliphatic rings. The highest BCUT2D eigenvalue weighted by Crippen LogP contribution is 2.37. The number of ether oxygens (including phenoxy) is 3. The predicted molar refractivity (Wildman–Crippen MR) is 117 cm³/mol. The second-order valence-corrected chi connectivity index (χ2v) is 7.63. The van der Waals surface area contributed by atoms with Crippen molar-refractivity contribution in [3.05, 3.63) is 66.0 Å². The number of nitrogens with zero attached hydrogens (tertiary/aromatic N) is 2. The topological polar surface area (TPSA) is 82.6 Å². The van der Waals surface area contributed by atoms with Crippen LogP contribution in [0.5, 0.6) is 17.5 Å². The summed E-state index contributed by atoms with van der Waals surface area (Å²) in [6.45, 7) is -0.247. The normalized spacial score (nSPS) is 15.1. The van der Waals surface area contributed by atoms with Gasteiger partial charge < -0.3 is 19.5 Å². The van der Waals surface area contributed by atoms with Crippen LogP contribution in [0.1, 0.15) is 22.3 Å². The smallest absolute Gasteiger partial charge is 0.392 e. The van der Waals surface area contributed by atoms with Gasteiger partial charge in [0.15, 0.2) is 0 Å². The maximum Gasteiger partial charge on any atom is 0.392 e. The fourth-order valence-corrected chi connectivity index (χ4v) is 3.65. The molecule has 3 aromatic rings. The molecule has 4 rings (SSSR count). The number of carbonyl (C=O) groups excluding carboxylic acids is 1. The summed E-state index contributed by atoms with van der Waals surface area (Å²) in [6, 6.07) is 12.0. The summed E-state index contributed by atoms with van der Waals surface area (Å²) in [7, 11) is 1.56. The SMILES string of the molecule is COc1ncccc1-c1cccc2c1C[C@H](NC(=O)c1ccc(OCCC(F)(F)F)nc1)CO2. The number of hydrogen-bond donors (Lipinski definition) is 1. The highest BCUT2D eigenvalue weighted by molar-refractivity contribution is 5.94. The Morgan fingerprint density at radius 3 is 2.71 bits per heavy atom. The van der Waals surface area contributed by atoms with E-state index >= 15 is 0 Å². The van der Waals surface area contributed by atoms with Crippen LogP contribution in [-0.4, -0.2) is 48.4 Å². The molecule has 0 bridgehead atoms. The number of hydrogen-bond acceptors (Lipinski definition) is 6. The number of pyridine rings is 2. The number of aromatic nitrogens is 2. The summed E-state index contributed by atoms with van der Waals surface area (Å²) >= 11 is 0. The van der Waals surface area contributed by atoms with E-state index in [2.05, 4.69) is 15.3 Å². The maximum absolute atomic E-state index is 12.7. The van der Waals surface area contributed by atoms with Gasteiger partial charge in [0.25, 0.3) is 5.91 Å². The summed E-state index contributed by atoms with van der Waals surface area (Å²) in [4.78, 5) is 20.9. The number of amides is 1. The summed E-state index contributed by atoms with van der Waals surface area (Å²) in [5.41, 5.74) is 2.92. The summed E-state index contributed by atoms with van der Waals surface area (Å²) < 4.78 is 53.0. The van der Waals surface area contributed by atoms with Gasteiger partial charge in [0.1, 0.15) is 12.4 Å². The Hall–Kier alpha value is -3.82. The van der Waals surface area contributed by atoms with Gasteiger partial charge in [-0.25, -0.2) is 9.97 Å². The molecule has 2 aromatic heterocycles. The zero-order chi connectivity index (χ0) is 24.1. The van der Waals surface area contributed by atoms with Crippen LogP contribution in [0.2, 0.25) is 0 Å². The molecule has 1 aliphatic heterocycles. The van der Waals surface area contributed by atoms with Crippen molar-refractivity contribution >= 4 is 5.91 Å². The number of methoxy groups -OCH3 is 1. The van der Waals surface area contributed by atoms with E-state index in [1.807, 2.05) is 30.3 Å². The molecule has 0 unspecified atom stereocenters. The monoisotopic (exact) mass is 473 g/mol. The molecule has 1 amide bonds.